The highest BCUT2D eigenvalue weighted by Gasteiger charge is 2.11. The largest absolute Gasteiger partial charge is 0.463 e. The minimum Gasteiger partial charge on any atom is -0.463 e. The fourth-order valence-corrected chi connectivity index (χ4v) is 2.03. The third-order valence-electron chi connectivity index (χ3n) is 2.81. The summed E-state index contributed by atoms with van der Waals surface area (Å²) in [6.07, 6.45) is 2.98. The number of hydrogen-bond acceptors (Lipinski definition) is 4. The molecule has 0 aromatic heterocycles. The number of carbonyl (C=O) groups is 2. The first kappa shape index (κ1) is 17.8. The van der Waals surface area contributed by atoms with Crippen molar-refractivity contribution in [3.63, 3.8) is 0 Å². The summed E-state index contributed by atoms with van der Waals surface area (Å²) in [5.74, 6) is -1.04. The molecule has 0 aliphatic heterocycles. The van der Waals surface area contributed by atoms with Crippen LogP contribution in [0.15, 0.2) is 42.5 Å². The number of ether oxygens (including phenoxy) is 1. The van der Waals surface area contributed by atoms with Crippen molar-refractivity contribution in [1.82, 2.24) is 10.6 Å². The molecule has 0 saturated heterocycles. The van der Waals surface area contributed by atoms with Crippen molar-refractivity contribution in [3.8, 4) is 0 Å². The van der Waals surface area contributed by atoms with Crippen LogP contribution in [0, 0.1) is 0 Å². The third kappa shape index (κ3) is 6.49. The first-order valence-electron chi connectivity index (χ1n) is 7.08. The number of rotatable bonds is 6. The molecule has 6 heteroatoms. The van der Waals surface area contributed by atoms with E-state index in [0.717, 1.165) is 24.1 Å². The maximum Gasteiger partial charge on any atom is 0.330 e. The van der Waals surface area contributed by atoms with Gasteiger partial charge in [0.2, 0.25) is 5.91 Å². The Morgan fingerprint density at radius 1 is 1.23 bits per heavy atom. The molecule has 22 heavy (non-hydrogen) atoms. The zero-order valence-corrected chi connectivity index (χ0v) is 13.5. The van der Waals surface area contributed by atoms with E-state index in [4.69, 9.17) is 12.2 Å². The highest BCUT2D eigenvalue weighted by atomic mass is 32.1. The molecule has 0 aliphatic rings. The van der Waals surface area contributed by atoms with Crippen LogP contribution >= 0.6 is 12.2 Å². The van der Waals surface area contributed by atoms with Gasteiger partial charge in [-0.3, -0.25) is 10.1 Å². The SMILES string of the molecule is CCOC(=O)/C=C/C(=O)NC(=S)NC(CC)c1ccccc1. The van der Waals surface area contributed by atoms with E-state index in [2.05, 4.69) is 15.4 Å². The van der Waals surface area contributed by atoms with E-state index >= 15 is 0 Å². The maximum absolute atomic E-state index is 11.6. The fourth-order valence-electron chi connectivity index (χ4n) is 1.79. The molecule has 0 spiro atoms. The molecule has 1 aromatic carbocycles. The lowest BCUT2D eigenvalue weighted by Crippen LogP contribution is -2.40. The second-order valence-corrected chi connectivity index (χ2v) is 4.83. The first-order valence-corrected chi connectivity index (χ1v) is 7.48. The number of thiocarbonyl (C=S) groups is 1. The first-order chi connectivity index (χ1) is 10.6. The Hall–Kier alpha value is -2.21. The van der Waals surface area contributed by atoms with Crippen LogP contribution in [0.3, 0.4) is 0 Å². The second kappa shape index (κ2) is 9.68. The molecular weight excluding hydrogens is 300 g/mol. The molecule has 0 fully saturated rings. The van der Waals surface area contributed by atoms with Crippen molar-refractivity contribution in [2.24, 2.45) is 0 Å². The predicted molar refractivity (Wildman–Crippen MR) is 89.1 cm³/mol. The van der Waals surface area contributed by atoms with Gasteiger partial charge in [0.15, 0.2) is 5.11 Å². The lowest BCUT2D eigenvalue weighted by atomic mass is 10.1. The molecule has 118 valence electrons. The zero-order valence-electron chi connectivity index (χ0n) is 12.7. The van der Waals surface area contributed by atoms with Crippen LogP contribution in [0.5, 0.6) is 0 Å². The standard InChI is InChI=1S/C16H20N2O3S/c1-3-13(12-8-6-5-7-9-12)17-16(22)18-14(19)10-11-15(20)21-4-2/h5-11,13H,3-4H2,1-2H3,(H2,17,18,19,22)/b11-10+. The Bertz CT molecular complexity index is 544. The predicted octanol–water partition coefficient (Wildman–Crippen LogP) is 2.25. The Kier molecular flexibility index (Phi) is 7.85. The number of nitrogens with one attached hydrogen (secondary N) is 2. The topological polar surface area (TPSA) is 67.4 Å². The van der Waals surface area contributed by atoms with Crippen LogP contribution in [-0.2, 0) is 14.3 Å². The van der Waals surface area contributed by atoms with Gasteiger partial charge in [0, 0.05) is 12.2 Å². The zero-order chi connectivity index (χ0) is 16.4. The number of hydrogen-bond donors (Lipinski definition) is 2. The molecule has 0 radical (unpaired) electrons. The van der Waals surface area contributed by atoms with E-state index in [1.807, 2.05) is 37.3 Å². The van der Waals surface area contributed by atoms with Crippen molar-refractivity contribution >= 4 is 29.2 Å². The van der Waals surface area contributed by atoms with E-state index in [0.29, 0.717) is 0 Å². The lowest BCUT2D eigenvalue weighted by molar-refractivity contribution is -0.137. The van der Waals surface area contributed by atoms with Crippen molar-refractivity contribution in [1.29, 1.82) is 0 Å². The Morgan fingerprint density at radius 2 is 1.91 bits per heavy atom. The minimum absolute atomic E-state index is 0.0167. The molecule has 0 heterocycles. The van der Waals surface area contributed by atoms with Gasteiger partial charge in [0.05, 0.1) is 12.6 Å². The maximum atomic E-state index is 11.6. The molecule has 1 atom stereocenters. The van der Waals surface area contributed by atoms with Crippen molar-refractivity contribution in [3.05, 3.63) is 48.0 Å². The molecule has 0 bridgehead atoms. The quantitative estimate of drug-likeness (QED) is 0.478. The Morgan fingerprint density at radius 3 is 2.50 bits per heavy atom. The summed E-state index contributed by atoms with van der Waals surface area (Å²) in [7, 11) is 0. The smallest absolute Gasteiger partial charge is 0.330 e. The van der Waals surface area contributed by atoms with Crippen molar-refractivity contribution in [2.75, 3.05) is 6.61 Å². The number of esters is 1. The summed E-state index contributed by atoms with van der Waals surface area (Å²) >= 11 is 5.11. The van der Waals surface area contributed by atoms with Gasteiger partial charge in [0.1, 0.15) is 0 Å². The van der Waals surface area contributed by atoms with Crippen molar-refractivity contribution < 1.29 is 14.3 Å². The lowest BCUT2D eigenvalue weighted by Gasteiger charge is -2.19. The molecule has 2 N–H and O–H groups in total. The monoisotopic (exact) mass is 320 g/mol. The molecule has 1 aromatic rings. The van der Waals surface area contributed by atoms with E-state index in [9.17, 15) is 9.59 Å². The second-order valence-electron chi connectivity index (χ2n) is 4.42. The average molecular weight is 320 g/mol. The minimum atomic E-state index is -0.563. The van der Waals surface area contributed by atoms with Gasteiger partial charge in [-0.05, 0) is 31.1 Å². The van der Waals surface area contributed by atoms with Crippen LogP contribution in [0.2, 0.25) is 0 Å². The van der Waals surface area contributed by atoms with Crippen LogP contribution in [0.1, 0.15) is 31.9 Å². The summed E-state index contributed by atoms with van der Waals surface area (Å²) < 4.78 is 4.68. The number of amides is 1. The molecule has 0 saturated carbocycles. The van der Waals surface area contributed by atoms with Gasteiger partial charge in [0.25, 0.3) is 0 Å². The van der Waals surface area contributed by atoms with Gasteiger partial charge in [-0.15, -0.1) is 0 Å². The van der Waals surface area contributed by atoms with Crippen LogP contribution in [0.25, 0.3) is 0 Å². The third-order valence-corrected chi connectivity index (χ3v) is 3.03. The van der Waals surface area contributed by atoms with Gasteiger partial charge < -0.3 is 10.1 Å². The summed E-state index contributed by atoms with van der Waals surface area (Å²) in [5, 5.41) is 5.79. The van der Waals surface area contributed by atoms with E-state index in [-0.39, 0.29) is 17.8 Å². The molecule has 1 amide bonds. The molecule has 1 unspecified atom stereocenters. The number of carbonyl (C=O) groups excluding carboxylic acids is 2. The van der Waals surface area contributed by atoms with Gasteiger partial charge in [-0.25, -0.2) is 4.79 Å². The molecule has 5 nitrogen and oxygen atoms in total. The van der Waals surface area contributed by atoms with Gasteiger partial charge in [-0.2, -0.15) is 0 Å². The average Bonchev–Trinajstić information content (AvgIpc) is 2.52. The van der Waals surface area contributed by atoms with Crippen LogP contribution in [0.4, 0.5) is 0 Å². The van der Waals surface area contributed by atoms with Crippen molar-refractivity contribution in [2.45, 2.75) is 26.3 Å². The summed E-state index contributed by atoms with van der Waals surface area (Å²) in [6, 6.07) is 9.84. The highest BCUT2D eigenvalue weighted by Crippen LogP contribution is 2.15. The van der Waals surface area contributed by atoms with E-state index in [1.54, 1.807) is 6.92 Å². The Labute approximate surface area is 135 Å². The summed E-state index contributed by atoms with van der Waals surface area (Å²) in [6.45, 7) is 3.98. The fraction of sp³-hybridized carbons (Fsp3) is 0.312. The van der Waals surface area contributed by atoms with Gasteiger partial charge in [-0.1, -0.05) is 37.3 Å². The summed E-state index contributed by atoms with van der Waals surface area (Å²) in [4.78, 5) is 22.7. The van der Waals surface area contributed by atoms with E-state index < -0.39 is 11.9 Å². The van der Waals surface area contributed by atoms with Crippen LogP contribution < -0.4 is 10.6 Å². The molecule has 0 aliphatic carbocycles. The molecular formula is C16H20N2O3S. The Balaban J connectivity index is 2.51. The van der Waals surface area contributed by atoms with E-state index in [1.165, 1.54) is 0 Å². The molecule has 1 rings (SSSR count). The van der Waals surface area contributed by atoms with Gasteiger partial charge >= 0.3 is 5.97 Å². The van der Waals surface area contributed by atoms with Crippen LogP contribution in [-0.4, -0.2) is 23.6 Å². The number of benzene rings is 1. The summed E-state index contributed by atoms with van der Waals surface area (Å²) in [5.41, 5.74) is 1.09. The normalized spacial score (nSPS) is 11.7. The highest BCUT2D eigenvalue weighted by molar-refractivity contribution is 7.80.